The maximum atomic E-state index is 11.2. The number of cyclic esters (lactones) is 1. The highest BCUT2D eigenvalue weighted by molar-refractivity contribution is 6.58. The van der Waals surface area contributed by atoms with Gasteiger partial charge in [-0.1, -0.05) is 12.1 Å². The number of carbonyl (C=O) groups is 1. The first-order chi connectivity index (χ1) is 7.18. The van der Waals surface area contributed by atoms with Gasteiger partial charge in [-0.25, -0.2) is 4.79 Å². The molecule has 0 aromatic heterocycles. The summed E-state index contributed by atoms with van der Waals surface area (Å²) in [4.78, 5) is 12.7. The Bertz CT molecular complexity index is 365. The summed E-state index contributed by atoms with van der Waals surface area (Å²) in [6, 6.07) is 6.43. The molecule has 6 heteroatoms. The molecule has 2 rings (SSSR count). The molecule has 1 heterocycles. The van der Waals surface area contributed by atoms with Crippen molar-refractivity contribution in [2.24, 2.45) is 0 Å². The Balaban J connectivity index is 2.19. The summed E-state index contributed by atoms with van der Waals surface area (Å²) in [6.45, 7) is 0.920. The topological polar surface area (TPSA) is 70.0 Å². The lowest BCUT2D eigenvalue weighted by Crippen LogP contribution is -2.30. The van der Waals surface area contributed by atoms with Gasteiger partial charge < -0.3 is 14.8 Å². The van der Waals surface area contributed by atoms with Crippen LogP contribution in [0.4, 0.5) is 10.5 Å². The number of rotatable bonds is 2. The van der Waals surface area contributed by atoms with Crippen LogP contribution in [0.3, 0.4) is 0 Å². The summed E-state index contributed by atoms with van der Waals surface area (Å²) in [5, 5.41) is 17.8. The molecule has 1 aromatic rings. The van der Waals surface area contributed by atoms with Crippen molar-refractivity contribution in [2.75, 3.05) is 18.1 Å². The second kappa shape index (κ2) is 3.92. The summed E-state index contributed by atoms with van der Waals surface area (Å²) in [6.07, 6.45) is -0.368. The third-order valence-corrected chi connectivity index (χ3v) is 2.26. The van der Waals surface area contributed by atoms with E-state index >= 15 is 0 Å². The highest BCUT2D eigenvalue weighted by Crippen LogP contribution is 2.16. The lowest BCUT2D eigenvalue weighted by Gasteiger charge is -2.12. The van der Waals surface area contributed by atoms with E-state index in [2.05, 4.69) is 0 Å². The van der Waals surface area contributed by atoms with Gasteiger partial charge in [0.05, 0.1) is 6.54 Å². The monoisotopic (exact) mass is 207 g/mol. The minimum atomic E-state index is -1.48. The average Bonchev–Trinajstić information content (AvgIpc) is 2.65. The molecule has 0 radical (unpaired) electrons. The van der Waals surface area contributed by atoms with Gasteiger partial charge in [0.25, 0.3) is 0 Å². The highest BCUT2D eigenvalue weighted by Gasteiger charge is 2.23. The molecule has 1 amide bonds. The predicted octanol–water partition coefficient (Wildman–Crippen LogP) is -0.677. The fourth-order valence-corrected chi connectivity index (χ4v) is 1.45. The van der Waals surface area contributed by atoms with Crippen LogP contribution in [-0.4, -0.2) is 36.4 Å². The van der Waals surface area contributed by atoms with Gasteiger partial charge in [0.15, 0.2) is 0 Å². The molecule has 78 valence electrons. The van der Waals surface area contributed by atoms with Crippen LogP contribution in [0.25, 0.3) is 0 Å². The fraction of sp³-hybridized carbons (Fsp3) is 0.222. The Morgan fingerprint density at radius 2 is 1.93 bits per heavy atom. The minimum absolute atomic E-state index is 0.368. The number of carbonyl (C=O) groups excluding carboxylic acids is 1. The lowest BCUT2D eigenvalue weighted by atomic mass is 9.80. The van der Waals surface area contributed by atoms with E-state index in [4.69, 9.17) is 14.8 Å². The third-order valence-electron chi connectivity index (χ3n) is 2.26. The second-order valence-electron chi connectivity index (χ2n) is 3.23. The molecule has 0 spiro atoms. The van der Waals surface area contributed by atoms with Crippen LogP contribution in [0.5, 0.6) is 0 Å². The van der Waals surface area contributed by atoms with Crippen molar-refractivity contribution in [3.8, 4) is 0 Å². The smallest absolute Gasteiger partial charge is 0.447 e. The van der Waals surface area contributed by atoms with Crippen molar-refractivity contribution in [1.29, 1.82) is 0 Å². The van der Waals surface area contributed by atoms with Crippen molar-refractivity contribution in [2.45, 2.75) is 0 Å². The van der Waals surface area contributed by atoms with Gasteiger partial charge in [0.1, 0.15) is 6.61 Å². The van der Waals surface area contributed by atoms with E-state index in [0.29, 0.717) is 24.3 Å². The van der Waals surface area contributed by atoms with Crippen LogP contribution in [0, 0.1) is 0 Å². The zero-order chi connectivity index (χ0) is 10.8. The molecule has 1 fully saturated rings. The molecule has 0 atom stereocenters. The maximum absolute atomic E-state index is 11.2. The fourth-order valence-electron chi connectivity index (χ4n) is 1.45. The van der Waals surface area contributed by atoms with Gasteiger partial charge in [0, 0.05) is 5.69 Å². The van der Waals surface area contributed by atoms with Crippen LogP contribution in [-0.2, 0) is 4.74 Å². The van der Waals surface area contributed by atoms with E-state index < -0.39 is 7.12 Å². The van der Waals surface area contributed by atoms with Crippen molar-refractivity contribution < 1.29 is 19.6 Å². The molecule has 1 aliphatic rings. The van der Waals surface area contributed by atoms with E-state index in [1.54, 1.807) is 24.3 Å². The first kappa shape index (κ1) is 10.0. The van der Waals surface area contributed by atoms with Crippen molar-refractivity contribution in [3.05, 3.63) is 24.3 Å². The van der Waals surface area contributed by atoms with Crippen LogP contribution < -0.4 is 10.4 Å². The Hall–Kier alpha value is -1.53. The maximum Gasteiger partial charge on any atom is 0.488 e. The normalized spacial score (nSPS) is 15.3. The molecular formula is C9H10BNO4. The molecule has 0 saturated carbocycles. The quantitative estimate of drug-likeness (QED) is 0.630. The van der Waals surface area contributed by atoms with Gasteiger partial charge >= 0.3 is 13.2 Å². The number of benzene rings is 1. The summed E-state index contributed by atoms with van der Waals surface area (Å²) in [5.74, 6) is 0. The van der Waals surface area contributed by atoms with Crippen LogP contribution >= 0.6 is 0 Å². The van der Waals surface area contributed by atoms with E-state index in [1.165, 1.54) is 4.90 Å². The van der Waals surface area contributed by atoms with Crippen molar-refractivity contribution in [1.82, 2.24) is 0 Å². The summed E-state index contributed by atoms with van der Waals surface area (Å²) in [7, 11) is -1.48. The molecule has 2 N–H and O–H groups in total. The number of ether oxygens (including phenoxy) is 1. The number of nitrogens with zero attached hydrogens (tertiary/aromatic N) is 1. The predicted molar refractivity (Wildman–Crippen MR) is 55.0 cm³/mol. The molecule has 0 bridgehead atoms. The first-order valence-corrected chi connectivity index (χ1v) is 4.59. The third kappa shape index (κ3) is 1.95. The Kier molecular flexibility index (Phi) is 2.61. The summed E-state index contributed by atoms with van der Waals surface area (Å²) in [5.41, 5.74) is 1.09. The number of hydrogen-bond donors (Lipinski definition) is 2. The Morgan fingerprint density at radius 1 is 1.27 bits per heavy atom. The van der Waals surface area contributed by atoms with Gasteiger partial charge in [0.2, 0.25) is 0 Å². The zero-order valence-electron chi connectivity index (χ0n) is 7.96. The van der Waals surface area contributed by atoms with Crippen LogP contribution in [0.15, 0.2) is 24.3 Å². The van der Waals surface area contributed by atoms with Crippen molar-refractivity contribution in [3.63, 3.8) is 0 Å². The molecule has 15 heavy (non-hydrogen) atoms. The molecule has 0 aliphatic carbocycles. The van der Waals surface area contributed by atoms with Gasteiger partial charge in [-0.3, -0.25) is 4.90 Å². The minimum Gasteiger partial charge on any atom is -0.447 e. The standard InChI is InChI=1S/C9H10BNO4/c12-9-11(5-6-15-9)8-3-1-7(2-4-8)10(13)14/h1-4,13-14H,5-6H2. The Morgan fingerprint density at radius 3 is 2.40 bits per heavy atom. The van der Waals surface area contributed by atoms with Gasteiger partial charge in [-0.2, -0.15) is 0 Å². The zero-order valence-corrected chi connectivity index (χ0v) is 7.96. The van der Waals surface area contributed by atoms with Crippen LogP contribution in [0.2, 0.25) is 0 Å². The first-order valence-electron chi connectivity index (χ1n) is 4.59. The molecule has 5 nitrogen and oxygen atoms in total. The molecule has 1 saturated heterocycles. The van der Waals surface area contributed by atoms with Crippen LogP contribution in [0.1, 0.15) is 0 Å². The van der Waals surface area contributed by atoms with Gasteiger partial charge in [-0.15, -0.1) is 0 Å². The number of amides is 1. The van der Waals surface area contributed by atoms with E-state index in [-0.39, 0.29) is 6.09 Å². The second-order valence-corrected chi connectivity index (χ2v) is 3.23. The molecule has 1 aromatic carbocycles. The molecule has 0 unspecified atom stereocenters. The number of anilines is 1. The lowest BCUT2D eigenvalue weighted by molar-refractivity contribution is 0.181. The molecular weight excluding hydrogens is 197 g/mol. The van der Waals surface area contributed by atoms with Gasteiger partial charge in [-0.05, 0) is 17.6 Å². The summed E-state index contributed by atoms with van der Waals surface area (Å²) >= 11 is 0. The van der Waals surface area contributed by atoms with E-state index in [9.17, 15) is 4.79 Å². The Labute approximate surface area is 87.0 Å². The van der Waals surface area contributed by atoms with Crippen molar-refractivity contribution >= 4 is 24.4 Å². The largest absolute Gasteiger partial charge is 0.488 e. The molecule has 1 aliphatic heterocycles. The van der Waals surface area contributed by atoms with E-state index in [0.717, 1.165) is 0 Å². The SMILES string of the molecule is O=C1OCCN1c1ccc(B(O)O)cc1. The number of hydrogen-bond acceptors (Lipinski definition) is 4. The average molecular weight is 207 g/mol. The highest BCUT2D eigenvalue weighted by atomic mass is 16.6. The van der Waals surface area contributed by atoms with E-state index in [1.807, 2.05) is 0 Å². The summed E-state index contributed by atoms with van der Waals surface area (Å²) < 4.78 is 4.79.